The summed E-state index contributed by atoms with van der Waals surface area (Å²) in [5, 5.41) is 0. The number of morpholine rings is 1. The zero-order chi connectivity index (χ0) is 16.9. The van der Waals surface area contributed by atoms with Crippen molar-refractivity contribution in [2.75, 3.05) is 65.8 Å². The number of hydrogen-bond donors (Lipinski definition) is 0. The van der Waals surface area contributed by atoms with Gasteiger partial charge >= 0.3 is 0 Å². The predicted molar refractivity (Wildman–Crippen MR) is 94.3 cm³/mol. The first kappa shape index (κ1) is 17.1. The first-order valence-electron chi connectivity index (χ1n) is 9.39. The molecule has 138 valence electrons. The van der Waals surface area contributed by atoms with E-state index >= 15 is 0 Å². The van der Waals surface area contributed by atoms with Gasteiger partial charge in [-0.25, -0.2) is 0 Å². The summed E-state index contributed by atoms with van der Waals surface area (Å²) in [6, 6.07) is 6.30. The molecule has 0 saturated carbocycles. The van der Waals surface area contributed by atoms with Gasteiger partial charge in [-0.3, -0.25) is 9.80 Å². The van der Waals surface area contributed by atoms with Crippen molar-refractivity contribution in [2.24, 2.45) is 0 Å². The number of hydrogen-bond acceptors (Lipinski definition) is 6. The summed E-state index contributed by atoms with van der Waals surface area (Å²) >= 11 is 0. The van der Waals surface area contributed by atoms with Crippen LogP contribution in [0.25, 0.3) is 0 Å². The summed E-state index contributed by atoms with van der Waals surface area (Å²) in [6.45, 7) is 9.83. The molecule has 3 aliphatic heterocycles. The van der Waals surface area contributed by atoms with Crippen LogP contribution in [0.2, 0.25) is 0 Å². The van der Waals surface area contributed by atoms with E-state index < -0.39 is 0 Å². The highest BCUT2D eigenvalue weighted by molar-refractivity contribution is 5.43. The molecule has 0 spiro atoms. The zero-order valence-electron chi connectivity index (χ0n) is 14.8. The molecule has 0 bridgehead atoms. The van der Waals surface area contributed by atoms with E-state index in [0.29, 0.717) is 13.2 Å². The molecular formula is C19H28N2O4. The van der Waals surface area contributed by atoms with Crippen molar-refractivity contribution < 1.29 is 18.9 Å². The van der Waals surface area contributed by atoms with Gasteiger partial charge in [-0.15, -0.1) is 0 Å². The van der Waals surface area contributed by atoms with Gasteiger partial charge in [0.05, 0.1) is 19.3 Å². The molecule has 2 fully saturated rings. The number of benzene rings is 1. The number of fused-ring (bicyclic) bond motifs is 1. The van der Waals surface area contributed by atoms with E-state index in [0.717, 1.165) is 77.0 Å². The van der Waals surface area contributed by atoms with Crippen molar-refractivity contribution in [3.8, 4) is 11.5 Å². The lowest BCUT2D eigenvalue weighted by Gasteiger charge is -2.31. The molecule has 6 heteroatoms. The summed E-state index contributed by atoms with van der Waals surface area (Å²) in [7, 11) is 0. The highest BCUT2D eigenvalue weighted by Gasteiger charge is 2.23. The van der Waals surface area contributed by atoms with Gasteiger partial charge < -0.3 is 18.9 Å². The highest BCUT2D eigenvalue weighted by Crippen LogP contribution is 2.31. The lowest BCUT2D eigenvalue weighted by Crippen LogP contribution is -2.44. The van der Waals surface area contributed by atoms with Gasteiger partial charge in [-0.1, -0.05) is 6.07 Å². The minimum Gasteiger partial charge on any atom is -0.486 e. The van der Waals surface area contributed by atoms with Crippen LogP contribution in [-0.4, -0.2) is 81.7 Å². The molecule has 1 atom stereocenters. The summed E-state index contributed by atoms with van der Waals surface area (Å²) in [5.74, 6) is 1.74. The van der Waals surface area contributed by atoms with Gasteiger partial charge in [0.15, 0.2) is 11.5 Å². The molecule has 0 aromatic heterocycles. The second kappa shape index (κ2) is 8.36. The van der Waals surface area contributed by atoms with Crippen LogP contribution in [0.15, 0.2) is 18.2 Å². The molecule has 6 nitrogen and oxygen atoms in total. The normalized spacial score (nSPS) is 25.5. The van der Waals surface area contributed by atoms with Crippen molar-refractivity contribution >= 4 is 0 Å². The Labute approximate surface area is 149 Å². The average molecular weight is 348 g/mol. The van der Waals surface area contributed by atoms with Gasteiger partial charge in [-0.05, 0) is 24.1 Å². The maximum absolute atomic E-state index is 6.10. The monoisotopic (exact) mass is 348 g/mol. The second-order valence-electron chi connectivity index (χ2n) is 6.97. The first-order valence-corrected chi connectivity index (χ1v) is 9.39. The fourth-order valence-corrected chi connectivity index (χ4v) is 3.74. The van der Waals surface area contributed by atoms with Gasteiger partial charge in [0.25, 0.3) is 0 Å². The summed E-state index contributed by atoms with van der Waals surface area (Å²) in [5.41, 5.74) is 1.27. The Balaban J connectivity index is 1.35. The van der Waals surface area contributed by atoms with Crippen LogP contribution in [0, 0.1) is 0 Å². The summed E-state index contributed by atoms with van der Waals surface area (Å²) in [6.07, 6.45) is 1.36. The van der Waals surface area contributed by atoms with Crippen LogP contribution in [0.3, 0.4) is 0 Å². The third kappa shape index (κ3) is 4.64. The third-order valence-corrected chi connectivity index (χ3v) is 5.01. The summed E-state index contributed by atoms with van der Waals surface area (Å²) < 4.78 is 22.9. The Morgan fingerprint density at radius 2 is 1.72 bits per heavy atom. The molecule has 3 heterocycles. The van der Waals surface area contributed by atoms with Gasteiger partial charge in [0.2, 0.25) is 0 Å². The Bertz CT molecular complexity index is 562. The molecule has 4 rings (SSSR count). The topological polar surface area (TPSA) is 43.4 Å². The molecule has 0 amide bonds. The molecular weight excluding hydrogens is 320 g/mol. The highest BCUT2D eigenvalue weighted by atomic mass is 16.6. The van der Waals surface area contributed by atoms with Crippen molar-refractivity contribution in [2.45, 2.75) is 19.1 Å². The molecule has 1 aromatic rings. The summed E-state index contributed by atoms with van der Waals surface area (Å²) in [4.78, 5) is 4.96. The maximum atomic E-state index is 6.10. The fraction of sp³-hybridized carbons (Fsp3) is 0.684. The van der Waals surface area contributed by atoms with Crippen molar-refractivity contribution in [1.29, 1.82) is 0 Å². The maximum Gasteiger partial charge on any atom is 0.161 e. The largest absolute Gasteiger partial charge is 0.486 e. The number of nitrogens with zero attached hydrogens (tertiary/aromatic N) is 2. The van der Waals surface area contributed by atoms with E-state index in [-0.39, 0.29) is 6.10 Å². The van der Waals surface area contributed by atoms with Crippen LogP contribution < -0.4 is 9.47 Å². The Kier molecular flexibility index (Phi) is 5.72. The smallest absolute Gasteiger partial charge is 0.161 e. The van der Waals surface area contributed by atoms with E-state index in [4.69, 9.17) is 18.9 Å². The number of ether oxygens (including phenoxy) is 4. The van der Waals surface area contributed by atoms with Crippen molar-refractivity contribution in [3.05, 3.63) is 23.8 Å². The van der Waals surface area contributed by atoms with Gasteiger partial charge in [0, 0.05) is 45.9 Å². The molecule has 1 aromatic carbocycles. The number of rotatable bonds is 4. The minimum atomic E-state index is 0.276. The molecule has 25 heavy (non-hydrogen) atoms. The first-order chi connectivity index (χ1) is 12.4. The molecule has 0 N–H and O–H groups in total. The SMILES string of the molecule is c1cc2c(cc1CN1CCCO[C@H](CN3CCOCC3)C1)OCCO2. The van der Waals surface area contributed by atoms with Crippen LogP contribution in [-0.2, 0) is 16.0 Å². The minimum absolute atomic E-state index is 0.276. The standard InChI is InChI=1S/C19H28N2O4/c1-4-21(13-16-2-3-18-19(12-16)25-11-10-24-18)15-17(23-7-1)14-20-5-8-22-9-6-20/h2-3,12,17H,1,4-11,13-15H2/t17-/m1/s1. The van der Waals surface area contributed by atoms with Crippen LogP contribution in [0.1, 0.15) is 12.0 Å². The van der Waals surface area contributed by atoms with Gasteiger partial charge in [-0.2, -0.15) is 0 Å². The lowest BCUT2D eigenvalue weighted by molar-refractivity contribution is -0.0123. The Morgan fingerprint density at radius 3 is 2.60 bits per heavy atom. The second-order valence-corrected chi connectivity index (χ2v) is 6.97. The van der Waals surface area contributed by atoms with Crippen molar-refractivity contribution in [1.82, 2.24) is 9.80 Å². The molecule has 0 radical (unpaired) electrons. The van der Waals surface area contributed by atoms with Gasteiger partial charge in [0.1, 0.15) is 13.2 Å². The van der Waals surface area contributed by atoms with E-state index in [1.54, 1.807) is 0 Å². The Morgan fingerprint density at radius 1 is 0.880 bits per heavy atom. The zero-order valence-corrected chi connectivity index (χ0v) is 14.8. The van der Waals surface area contributed by atoms with E-state index in [9.17, 15) is 0 Å². The van der Waals surface area contributed by atoms with E-state index in [1.807, 2.05) is 6.07 Å². The Hall–Kier alpha value is -1.34. The predicted octanol–water partition coefficient (Wildman–Crippen LogP) is 1.38. The lowest BCUT2D eigenvalue weighted by atomic mass is 10.1. The van der Waals surface area contributed by atoms with Crippen LogP contribution >= 0.6 is 0 Å². The average Bonchev–Trinajstić information content (AvgIpc) is 2.87. The fourth-order valence-electron chi connectivity index (χ4n) is 3.74. The van der Waals surface area contributed by atoms with Crippen LogP contribution in [0.5, 0.6) is 11.5 Å². The molecule has 0 unspecified atom stereocenters. The third-order valence-electron chi connectivity index (χ3n) is 5.01. The van der Waals surface area contributed by atoms with E-state index in [2.05, 4.69) is 21.9 Å². The van der Waals surface area contributed by atoms with Crippen molar-refractivity contribution in [3.63, 3.8) is 0 Å². The van der Waals surface area contributed by atoms with Crippen LogP contribution in [0.4, 0.5) is 0 Å². The quantitative estimate of drug-likeness (QED) is 0.819. The molecule has 2 saturated heterocycles. The van der Waals surface area contributed by atoms with E-state index in [1.165, 1.54) is 5.56 Å². The molecule has 0 aliphatic carbocycles. The molecule has 3 aliphatic rings.